The zero-order valence-electron chi connectivity index (χ0n) is 12.7. The predicted molar refractivity (Wildman–Crippen MR) is 85.0 cm³/mol. The molecule has 24 heavy (non-hydrogen) atoms. The van der Waals surface area contributed by atoms with Crippen LogP contribution in [0.25, 0.3) is 0 Å². The number of sulfone groups is 1. The van der Waals surface area contributed by atoms with Gasteiger partial charge in [-0.1, -0.05) is 11.6 Å². The molecule has 2 aromatic rings. The van der Waals surface area contributed by atoms with Gasteiger partial charge in [-0.2, -0.15) is 4.39 Å². The van der Waals surface area contributed by atoms with E-state index >= 15 is 0 Å². The molecule has 2 aromatic heterocycles. The zero-order chi connectivity index (χ0) is 17.5. The van der Waals surface area contributed by atoms with Crippen LogP contribution in [0.1, 0.15) is 16.8 Å². The number of nitrogens with one attached hydrogen (secondary N) is 1. The van der Waals surface area contributed by atoms with E-state index in [1.165, 1.54) is 12.3 Å². The summed E-state index contributed by atoms with van der Waals surface area (Å²) in [5, 5.41) is 0.00547. The Morgan fingerprint density at radius 2 is 2.21 bits per heavy atom. The molecule has 0 spiro atoms. The van der Waals surface area contributed by atoms with E-state index in [4.69, 9.17) is 11.6 Å². The van der Waals surface area contributed by atoms with Crippen LogP contribution in [0.15, 0.2) is 22.2 Å². The molecule has 0 aromatic carbocycles. The van der Waals surface area contributed by atoms with E-state index in [0.717, 1.165) is 6.26 Å². The Hall–Kier alpha value is -1.84. The summed E-state index contributed by atoms with van der Waals surface area (Å²) in [5.41, 5.74) is 0.696. The van der Waals surface area contributed by atoms with E-state index in [1.54, 1.807) is 0 Å². The van der Waals surface area contributed by atoms with Crippen LogP contribution in [0.5, 0.6) is 0 Å². The van der Waals surface area contributed by atoms with Crippen LogP contribution in [0, 0.1) is 5.95 Å². The molecule has 1 N–H and O–H groups in total. The van der Waals surface area contributed by atoms with Crippen LogP contribution >= 0.6 is 11.6 Å². The van der Waals surface area contributed by atoms with Gasteiger partial charge in [-0.3, -0.25) is 14.7 Å². The topological polar surface area (TPSA) is 96.0 Å². The van der Waals surface area contributed by atoms with Gasteiger partial charge in [0.2, 0.25) is 20.9 Å². The Labute approximate surface area is 142 Å². The molecule has 10 heteroatoms. The van der Waals surface area contributed by atoms with E-state index < -0.39 is 21.3 Å². The van der Waals surface area contributed by atoms with Crippen LogP contribution in [-0.2, 0) is 29.3 Å². The van der Waals surface area contributed by atoms with Crippen molar-refractivity contribution in [2.24, 2.45) is 0 Å². The monoisotopic (exact) mass is 372 g/mol. The van der Waals surface area contributed by atoms with Crippen LogP contribution in [-0.4, -0.2) is 41.1 Å². The van der Waals surface area contributed by atoms with Crippen LogP contribution in [0.4, 0.5) is 4.39 Å². The van der Waals surface area contributed by atoms with Crippen molar-refractivity contribution in [1.82, 2.24) is 19.9 Å². The van der Waals surface area contributed by atoms with Crippen molar-refractivity contribution in [2.45, 2.75) is 24.7 Å². The lowest BCUT2D eigenvalue weighted by Crippen LogP contribution is -2.36. The Morgan fingerprint density at radius 3 is 2.92 bits per heavy atom. The summed E-state index contributed by atoms with van der Waals surface area (Å²) in [6.07, 6.45) is 2.62. The molecule has 1 aliphatic rings. The maximum Gasteiger partial charge on any atom is 0.256 e. The Bertz CT molecular complexity index is 961. The molecule has 0 atom stereocenters. The number of pyridine rings is 1. The summed E-state index contributed by atoms with van der Waals surface area (Å²) in [5.74, 6) is -0.607. The molecule has 0 saturated heterocycles. The first-order chi connectivity index (χ1) is 11.2. The highest BCUT2D eigenvalue weighted by Crippen LogP contribution is 2.19. The molecule has 0 amide bonds. The first kappa shape index (κ1) is 17.0. The molecule has 3 rings (SSSR count). The molecule has 0 unspecified atom stereocenters. The van der Waals surface area contributed by atoms with E-state index in [2.05, 4.69) is 15.0 Å². The van der Waals surface area contributed by atoms with Gasteiger partial charge in [0.15, 0.2) is 0 Å². The predicted octanol–water partition coefficient (Wildman–Crippen LogP) is 0.919. The largest absolute Gasteiger partial charge is 0.297 e. The van der Waals surface area contributed by atoms with Crippen molar-refractivity contribution in [3.8, 4) is 0 Å². The summed E-state index contributed by atoms with van der Waals surface area (Å²) in [7, 11) is -3.58. The van der Waals surface area contributed by atoms with Gasteiger partial charge in [0.1, 0.15) is 0 Å². The summed E-state index contributed by atoms with van der Waals surface area (Å²) >= 11 is 5.83. The molecule has 128 valence electrons. The second-order valence-electron chi connectivity index (χ2n) is 5.63. The average Bonchev–Trinajstić information content (AvgIpc) is 2.50. The van der Waals surface area contributed by atoms with Gasteiger partial charge in [0.25, 0.3) is 5.56 Å². The van der Waals surface area contributed by atoms with Crippen LogP contribution in [0.2, 0.25) is 5.02 Å². The van der Waals surface area contributed by atoms with E-state index in [0.29, 0.717) is 34.8 Å². The smallest absolute Gasteiger partial charge is 0.256 e. The van der Waals surface area contributed by atoms with Crippen molar-refractivity contribution in [3.63, 3.8) is 0 Å². The first-order valence-corrected chi connectivity index (χ1v) is 9.35. The summed E-state index contributed by atoms with van der Waals surface area (Å²) < 4.78 is 36.8. The maximum absolute atomic E-state index is 13.7. The van der Waals surface area contributed by atoms with Crippen molar-refractivity contribution in [3.05, 3.63) is 50.4 Å². The van der Waals surface area contributed by atoms with E-state index in [9.17, 15) is 17.6 Å². The SMILES string of the molecule is CS(=O)(=O)c1nc2c(c(=O)[nH]1)CN(Cc1cc(Cl)cnc1F)CC2. The van der Waals surface area contributed by atoms with Gasteiger partial charge in [0.05, 0.1) is 16.3 Å². The lowest BCUT2D eigenvalue weighted by atomic mass is 10.1. The Balaban J connectivity index is 1.87. The van der Waals surface area contributed by atoms with Gasteiger partial charge < -0.3 is 0 Å². The highest BCUT2D eigenvalue weighted by atomic mass is 35.5. The van der Waals surface area contributed by atoms with Gasteiger partial charge in [0, 0.05) is 44.1 Å². The number of aromatic amines is 1. The summed E-state index contributed by atoms with van der Waals surface area (Å²) in [6.45, 7) is 0.998. The third kappa shape index (κ3) is 3.47. The van der Waals surface area contributed by atoms with Crippen molar-refractivity contribution in [1.29, 1.82) is 0 Å². The number of nitrogens with zero attached hydrogens (tertiary/aromatic N) is 3. The van der Waals surface area contributed by atoms with E-state index in [-0.39, 0.29) is 18.2 Å². The molecule has 0 saturated carbocycles. The zero-order valence-corrected chi connectivity index (χ0v) is 14.3. The number of hydrogen-bond acceptors (Lipinski definition) is 6. The Morgan fingerprint density at radius 1 is 1.46 bits per heavy atom. The maximum atomic E-state index is 13.7. The number of fused-ring (bicyclic) bond motifs is 1. The minimum Gasteiger partial charge on any atom is -0.297 e. The minimum atomic E-state index is -3.58. The third-order valence-electron chi connectivity index (χ3n) is 3.75. The van der Waals surface area contributed by atoms with Crippen molar-refractivity contribution in [2.75, 3.05) is 12.8 Å². The van der Waals surface area contributed by atoms with Crippen molar-refractivity contribution >= 4 is 21.4 Å². The second-order valence-corrected chi connectivity index (χ2v) is 8.00. The molecule has 3 heterocycles. The normalized spacial score (nSPS) is 15.3. The molecular formula is C14H14ClFN4O3S. The number of H-pyrrole nitrogens is 1. The standard InChI is InChI=1S/C14H14ClFN4O3S/c1-24(22,23)14-18-11-2-3-20(7-10(11)13(21)19-14)6-8-4-9(15)5-17-12(8)16/h4-5H,2-3,6-7H2,1H3,(H,18,19,21). The fraction of sp³-hybridized carbons (Fsp3) is 0.357. The molecular weight excluding hydrogens is 359 g/mol. The lowest BCUT2D eigenvalue weighted by Gasteiger charge is -2.27. The molecule has 0 aliphatic carbocycles. The summed E-state index contributed by atoms with van der Waals surface area (Å²) in [4.78, 5) is 23.9. The summed E-state index contributed by atoms with van der Waals surface area (Å²) in [6, 6.07) is 1.49. The molecule has 1 aliphatic heterocycles. The third-order valence-corrected chi connectivity index (χ3v) is 4.85. The van der Waals surface area contributed by atoms with Gasteiger partial charge >= 0.3 is 0 Å². The fourth-order valence-corrected chi connectivity index (χ4v) is 3.32. The number of halogens is 2. The quantitative estimate of drug-likeness (QED) is 0.635. The number of rotatable bonds is 3. The number of hydrogen-bond donors (Lipinski definition) is 1. The van der Waals surface area contributed by atoms with Gasteiger partial charge in [-0.05, 0) is 6.07 Å². The van der Waals surface area contributed by atoms with Gasteiger partial charge in [-0.15, -0.1) is 0 Å². The van der Waals surface area contributed by atoms with Gasteiger partial charge in [-0.25, -0.2) is 18.4 Å². The minimum absolute atomic E-state index is 0.242. The molecule has 0 fully saturated rings. The molecule has 0 bridgehead atoms. The second kappa shape index (κ2) is 6.23. The average molecular weight is 373 g/mol. The first-order valence-electron chi connectivity index (χ1n) is 7.08. The highest BCUT2D eigenvalue weighted by Gasteiger charge is 2.24. The van der Waals surface area contributed by atoms with Crippen LogP contribution in [0.3, 0.4) is 0 Å². The lowest BCUT2D eigenvalue weighted by molar-refractivity contribution is 0.236. The number of aromatic nitrogens is 3. The van der Waals surface area contributed by atoms with Crippen LogP contribution < -0.4 is 5.56 Å². The molecule has 0 radical (unpaired) electrons. The van der Waals surface area contributed by atoms with E-state index in [1.807, 2.05) is 4.90 Å². The molecule has 7 nitrogen and oxygen atoms in total. The van der Waals surface area contributed by atoms with Crippen molar-refractivity contribution < 1.29 is 12.8 Å². The highest BCUT2D eigenvalue weighted by molar-refractivity contribution is 7.90. The Kier molecular flexibility index (Phi) is 4.41. The fourth-order valence-electron chi connectivity index (χ4n) is 2.59.